The van der Waals surface area contributed by atoms with Crippen LogP contribution in [0.3, 0.4) is 0 Å². The summed E-state index contributed by atoms with van der Waals surface area (Å²) in [4.78, 5) is 0.124. The van der Waals surface area contributed by atoms with Crippen molar-refractivity contribution in [3.05, 3.63) is 53.6 Å². The molecule has 0 atom stereocenters. The van der Waals surface area contributed by atoms with Crippen molar-refractivity contribution in [1.82, 2.24) is 4.72 Å². The SMILES string of the molecule is CCCNS(=O)(=O)c1ccc(-c2ccc(CCC)cc2)c(C#N)c1. The van der Waals surface area contributed by atoms with Crippen molar-refractivity contribution in [3.63, 3.8) is 0 Å². The number of nitrogens with zero attached hydrogens (tertiary/aromatic N) is 1. The highest BCUT2D eigenvalue weighted by molar-refractivity contribution is 7.89. The van der Waals surface area contributed by atoms with Crippen LogP contribution in [0.25, 0.3) is 11.1 Å². The predicted octanol–water partition coefficient (Wildman–Crippen LogP) is 3.87. The van der Waals surface area contributed by atoms with E-state index in [1.807, 2.05) is 31.2 Å². The van der Waals surface area contributed by atoms with E-state index in [1.54, 1.807) is 12.1 Å². The molecule has 2 aromatic carbocycles. The van der Waals surface area contributed by atoms with Gasteiger partial charge in [0.25, 0.3) is 0 Å². The Morgan fingerprint density at radius 1 is 1.04 bits per heavy atom. The van der Waals surface area contributed by atoms with Gasteiger partial charge in [0.2, 0.25) is 10.0 Å². The summed E-state index contributed by atoms with van der Waals surface area (Å²) in [6.07, 6.45) is 2.82. The zero-order chi connectivity index (χ0) is 17.6. The van der Waals surface area contributed by atoms with Gasteiger partial charge in [-0.05, 0) is 41.7 Å². The Labute approximate surface area is 144 Å². The van der Waals surface area contributed by atoms with Gasteiger partial charge in [0.05, 0.1) is 16.5 Å². The number of benzene rings is 2. The van der Waals surface area contributed by atoms with Crippen LogP contribution in [0.2, 0.25) is 0 Å². The average molecular weight is 342 g/mol. The average Bonchev–Trinajstić information content (AvgIpc) is 2.60. The summed E-state index contributed by atoms with van der Waals surface area (Å²) >= 11 is 0. The molecule has 5 heteroatoms. The zero-order valence-electron chi connectivity index (χ0n) is 14.0. The molecule has 24 heavy (non-hydrogen) atoms. The molecule has 126 valence electrons. The standard InChI is InChI=1S/C19H22N2O2S/c1-3-5-15-6-8-16(9-7-15)19-11-10-18(13-17(19)14-20)24(22,23)21-12-4-2/h6-11,13,21H,3-5,12H2,1-2H3. The highest BCUT2D eigenvalue weighted by atomic mass is 32.2. The van der Waals surface area contributed by atoms with Crippen LogP contribution in [0.4, 0.5) is 0 Å². The molecule has 0 amide bonds. The summed E-state index contributed by atoms with van der Waals surface area (Å²) in [7, 11) is -3.57. The van der Waals surface area contributed by atoms with Gasteiger partial charge in [-0.2, -0.15) is 5.26 Å². The normalized spacial score (nSPS) is 11.2. The predicted molar refractivity (Wildman–Crippen MR) is 96.1 cm³/mol. The van der Waals surface area contributed by atoms with Crippen molar-refractivity contribution in [2.45, 2.75) is 38.0 Å². The number of sulfonamides is 1. The second kappa shape index (κ2) is 8.09. The maximum atomic E-state index is 12.2. The molecule has 0 unspecified atom stereocenters. The third kappa shape index (κ3) is 4.22. The Balaban J connectivity index is 2.38. The first kappa shape index (κ1) is 18.2. The second-order valence-electron chi connectivity index (χ2n) is 5.66. The van der Waals surface area contributed by atoms with Gasteiger partial charge in [0, 0.05) is 6.54 Å². The number of nitriles is 1. The summed E-state index contributed by atoms with van der Waals surface area (Å²) in [6.45, 7) is 4.41. The van der Waals surface area contributed by atoms with Crippen molar-refractivity contribution >= 4 is 10.0 Å². The highest BCUT2D eigenvalue weighted by Crippen LogP contribution is 2.26. The third-order valence-corrected chi connectivity index (χ3v) is 5.23. The molecule has 0 saturated carbocycles. The van der Waals surface area contributed by atoms with E-state index in [2.05, 4.69) is 17.7 Å². The molecule has 0 spiro atoms. The maximum absolute atomic E-state index is 12.2. The van der Waals surface area contributed by atoms with Gasteiger partial charge in [0.1, 0.15) is 0 Å². The van der Waals surface area contributed by atoms with Crippen molar-refractivity contribution in [2.24, 2.45) is 0 Å². The van der Waals surface area contributed by atoms with Crippen molar-refractivity contribution in [1.29, 1.82) is 5.26 Å². The number of hydrogen-bond donors (Lipinski definition) is 1. The zero-order valence-corrected chi connectivity index (χ0v) is 14.9. The van der Waals surface area contributed by atoms with E-state index in [1.165, 1.54) is 11.6 Å². The molecule has 0 saturated heterocycles. The first-order valence-electron chi connectivity index (χ1n) is 8.15. The number of aryl methyl sites for hydroxylation is 1. The van der Waals surface area contributed by atoms with Crippen LogP contribution in [-0.4, -0.2) is 15.0 Å². The fourth-order valence-electron chi connectivity index (χ4n) is 2.49. The quantitative estimate of drug-likeness (QED) is 0.830. The van der Waals surface area contributed by atoms with Gasteiger partial charge in [-0.15, -0.1) is 0 Å². The second-order valence-corrected chi connectivity index (χ2v) is 7.43. The van der Waals surface area contributed by atoms with E-state index in [9.17, 15) is 13.7 Å². The van der Waals surface area contributed by atoms with Crippen LogP contribution in [0.5, 0.6) is 0 Å². The summed E-state index contributed by atoms with van der Waals surface area (Å²) in [5.74, 6) is 0. The summed E-state index contributed by atoms with van der Waals surface area (Å²) in [5, 5.41) is 9.42. The van der Waals surface area contributed by atoms with E-state index in [0.29, 0.717) is 18.5 Å². The van der Waals surface area contributed by atoms with Crippen LogP contribution in [0.1, 0.15) is 37.8 Å². The Morgan fingerprint density at radius 2 is 1.75 bits per heavy atom. The lowest BCUT2D eigenvalue weighted by Crippen LogP contribution is -2.24. The molecule has 4 nitrogen and oxygen atoms in total. The smallest absolute Gasteiger partial charge is 0.211 e. The molecule has 0 heterocycles. The van der Waals surface area contributed by atoms with Gasteiger partial charge in [0.15, 0.2) is 0 Å². The Hall–Kier alpha value is -2.16. The molecule has 0 aliphatic heterocycles. The van der Waals surface area contributed by atoms with E-state index < -0.39 is 10.0 Å². The van der Waals surface area contributed by atoms with Crippen LogP contribution >= 0.6 is 0 Å². The van der Waals surface area contributed by atoms with Gasteiger partial charge in [-0.1, -0.05) is 50.6 Å². The van der Waals surface area contributed by atoms with Crippen LogP contribution in [-0.2, 0) is 16.4 Å². The van der Waals surface area contributed by atoms with Crippen molar-refractivity contribution in [2.75, 3.05) is 6.54 Å². The molecule has 0 aliphatic rings. The lowest BCUT2D eigenvalue weighted by molar-refractivity contribution is 0.581. The fraction of sp³-hybridized carbons (Fsp3) is 0.316. The molecule has 0 fully saturated rings. The lowest BCUT2D eigenvalue weighted by Gasteiger charge is -2.10. The Bertz CT molecular complexity index is 835. The molecule has 2 rings (SSSR count). The van der Waals surface area contributed by atoms with Crippen molar-refractivity contribution in [3.8, 4) is 17.2 Å². The third-order valence-electron chi connectivity index (χ3n) is 3.77. The largest absolute Gasteiger partial charge is 0.240 e. The lowest BCUT2D eigenvalue weighted by atomic mass is 9.98. The molecule has 0 bridgehead atoms. The summed E-state index contributed by atoms with van der Waals surface area (Å²) < 4.78 is 26.9. The first-order valence-corrected chi connectivity index (χ1v) is 9.63. The van der Waals surface area contributed by atoms with E-state index in [4.69, 9.17) is 0 Å². The minimum Gasteiger partial charge on any atom is -0.211 e. The van der Waals surface area contributed by atoms with Gasteiger partial charge in [-0.25, -0.2) is 13.1 Å². The van der Waals surface area contributed by atoms with Gasteiger partial charge in [-0.3, -0.25) is 0 Å². The number of nitrogens with one attached hydrogen (secondary N) is 1. The maximum Gasteiger partial charge on any atom is 0.240 e. The van der Waals surface area contributed by atoms with Gasteiger partial charge < -0.3 is 0 Å². The summed E-state index contributed by atoms with van der Waals surface area (Å²) in [5.41, 5.74) is 3.27. The molecule has 0 aromatic heterocycles. The number of hydrogen-bond acceptors (Lipinski definition) is 3. The molecule has 2 aromatic rings. The van der Waals surface area contributed by atoms with E-state index >= 15 is 0 Å². The molecule has 1 N–H and O–H groups in total. The Kier molecular flexibility index (Phi) is 6.13. The topological polar surface area (TPSA) is 70.0 Å². The van der Waals surface area contributed by atoms with Crippen LogP contribution in [0, 0.1) is 11.3 Å². The van der Waals surface area contributed by atoms with E-state index in [-0.39, 0.29) is 4.90 Å². The van der Waals surface area contributed by atoms with Crippen molar-refractivity contribution < 1.29 is 8.42 Å². The van der Waals surface area contributed by atoms with Crippen LogP contribution in [0.15, 0.2) is 47.4 Å². The number of rotatable bonds is 7. The minimum absolute atomic E-state index is 0.124. The summed E-state index contributed by atoms with van der Waals surface area (Å²) in [6, 6.07) is 14.9. The monoisotopic (exact) mass is 342 g/mol. The molecular weight excluding hydrogens is 320 g/mol. The minimum atomic E-state index is -3.57. The molecular formula is C19H22N2O2S. The highest BCUT2D eigenvalue weighted by Gasteiger charge is 2.16. The molecule has 0 aliphatic carbocycles. The van der Waals surface area contributed by atoms with E-state index in [0.717, 1.165) is 24.0 Å². The van der Waals surface area contributed by atoms with Crippen LogP contribution < -0.4 is 4.72 Å². The fourth-order valence-corrected chi connectivity index (χ4v) is 3.65. The van der Waals surface area contributed by atoms with Gasteiger partial charge >= 0.3 is 0 Å². The Morgan fingerprint density at radius 3 is 2.33 bits per heavy atom. The first-order chi connectivity index (χ1) is 11.5. The molecule has 0 radical (unpaired) electrons.